The van der Waals surface area contributed by atoms with E-state index in [4.69, 9.17) is 20.4 Å². The first-order chi connectivity index (χ1) is 9.15. The Bertz CT molecular complexity index is 488. The molecule has 3 N–H and O–H groups in total. The van der Waals surface area contributed by atoms with Crippen LogP contribution in [-0.2, 0) is 4.74 Å². The van der Waals surface area contributed by atoms with E-state index in [0.717, 1.165) is 0 Å². The van der Waals surface area contributed by atoms with Crippen molar-refractivity contribution in [2.45, 2.75) is 6.10 Å². The third kappa shape index (κ3) is 2.96. The number of rotatable bonds is 3. The number of amides is 1. The standard InChI is InChI=1S/C11H15N3O4S/c1-17-7-4-9(19-6-7)11(15)14-2-3-18-8(5-14)10(12)13-16/h4,6,8,16H,2-3,5H2,1H3,(H2,12,13). The highest BCUT2D eigenvalue weighted by molar-refractivity contribution is 7.12. The molecule has 0 spiro atoms. The quantitative estimate of drug-likeness (QED) is 0.361. The van der Waals surface area contributed by atoms with Crippen LogP contribution in [0.3, 0.4) is 0 Å². The highest BCUT2D eigenvalue weighted by Crippen LogP contribution is 2.23. The number of oxime groups is 1. The molecular weight excluding hydrogens is 270 g/mol. The number of hydrogen-bond donors (Lipinski definition) is 2. The summed E-state index contributed by atoms with van der Waals surface area (Å²) < 4.78 is 10.4. The maximum absolute atomic E-state index is 12.3. The average molecular weight is 285 g/mol. The fraction of sp³-hybridized carbons (Fsp3) is 0.455. The van der Waals surface area contributed by atoms with Gasteiger partial charge in [-0.15, -0.1) is 11.3 Å². The number of amidine groups is 1. The van der Waals surface area contributed by atoms with Crippen molar-refractivity contribution < 1.29 is 19.5 Å². The van der Waals surface area contributed by atoms with Gasteiger partial charge in [0.15, 0.2) is 5.84 Å². The second kappa shape index (κ2) is 5.89. The van der Waals surface area contributed by atoms with E-state index in [-0.39, 0.29) is 18.3 Å². The van der Waals surface area contributed by atoms with Crippen LogP contribution in [0.1, 0.15) is 9.67 Å². The molecule has 2 heterocycles. The Kier molecular flexibility index (Phi) is 4.23. The largest absolute Gasteiger partial charge is 0.496 e. The molecule has 0 aliphatic carbocycles. The number of carbonyl (C=O) groups excluding carboxylic acids is 1. The second-order valence-electron chi connectivity index (χ2n) is 3.99. The summed E-state index contributed by atoms with van der Waals surface area (Å²) in [6.07, 6.45) is -0.565. The van der Waals surface area contributed by atoms with E-state index >= 15 is 0 Å². The molecule has 19 heavy (non-hydrogen) atoms. The molecule has 0 saturated carbocycles. The predicted octanol–water partition coefficient (Wildman–Crippen LogP) is 0.344. The number of nitrogens with zero attached hydrogens (tertiary/aromatic N) is 2. The van der Waals surface area contributed by atoms with Gasteiger partial charge in [0.05, 0.1) is 25.1 Å². The zero-order chi connectivity index (χ0) is 13.8. The second-order valence-corrected chi connectivity index (χ2v) is 4.90. The molecule has 1 saturated heterocycles. The third-order valence-corrected chi connectivity index (χ3v) is 3.72. The number of nitrogens with two attached hydrogens (primary N) is 1. The molecule has 0 aromatic carbocycles. The van der Waals surface area contributed by atoms with Crippen LogP contribution in [0.4, 0.5) is 0 Å². The molecule has 8 heteroatoms. The maximum atomic E-state index is 12.3. The topological polar surface area (TPSA) is 97.4 Å². The first kappa shape index (κ1) is 13.6. The van der Waals surface area contributed by atoms with Crippen molar-refractivity contribution in [3.05, 3.63) is 16.3 Å². The van der Waals surface area contributed by atoms with E-state index in [1.807, 2.05) is 0 Å². The van der Waals surface area contributed by atoms with Crippen LogP contribution >= 0.6 is 11.3 Å². The van der Waals surface area contributed by atoms with Crippen LogP contribution in [-0.4, -0.2) is 54.8 Å². The molecule has 0 bridgehead atoms. The summed E-state index contributed by atoms with van der Waals surface area (Å²) >= 11 is 1.32. The number of hydrogen-bond acceptors (Lipinski definition) is 6. The highest BCUT2D eigenvalue weighted by Gasteiger charge is 2.28. The monoisotopic (exact) mass is 285 g/mol. The van der Waals surface area contributed by atoms with Gasteiger partial charge in [-0.1, -0.05) is 5.16 Å². The molecule has 1 fully saturated rings. The van der Waals surface area contributed by atoms with Crippen molar-refractivity contribution in [1.29, 1.82) is 0 Å². The van der Waals surface area contributed by atoms with Gasteiger partial charge >= 0.3 is 0 Å². The van der Waals surface area contributed by atoms with E-state index in [2.05, 4.69) is 5.16 Å². The van der Waals surface area contributed by atoms with Gasteiger partial charge in [-0.05, 0) is 0 Å². The lowest BCUT2D eigenvalue weighted by Crippen LogP contribution is -2.50. The summed E-state index contributed by atoms with van der Waals surface area (Å²) in [5.41, 5.74) is 5.49. The SMILES string of the molecule is COc1csc(C(=O)N2CCOC(C(N)=NO)C2)c1. The van der Waals surface area contributed by atoms with Crippen LogP contribution < -0.4 is 10.5 Å². The predicted molar refractivity (Wildman–Crippen MR) is 69.9 cm³/mol. The van der Waals surface area contributed by atoms with Gasteiger partial charge in [0.2, 0.25) is 0 Å². The molecule has 1 unspecified atom stereocenters. The number of ether oxygens (including phenoxy) is 2. The van der Waals surface area contributed by atoms with Gasteiger partial charge in [-0.2, -0.15) is 0 Å². The number of methoxy groups -OCH3 is 1. The number of carbonyl (C=O) groups is 1. The summed E-state index contributed by atoms with van der Waals surface area (Å²) in [7, 11) is 1.56. The molecule has 104 valence electrons. The Morgan fingerprint density at radius 3 is 3.16 bits per heavy atom. The lowest BCUT2D eigenvalue weighted by atomic mass is 10.2. The Hall–Kier alpha value is -1.80. The highest BCUT2D eigenvalue weighted by atomic mass is 32.1. The Morgan fingerprint density at radius 1 is 1.74 bits per heavy atom. The molecule has 1 aliphatic heterocycles. The van der Waals surface area contributed by atoms with Gasteiger partial charge in [0.1, 0.15) is 11.9 Å². The lowest BCUT2D eigenvalue weighted by Gasteiger charge is -2.31. The fourth-order valence-corrected chi connectivity index (χ4v) is 2.59. The third-order valence-electron chi connectivity index (χ3n) is 2.82. The van der Waals surface area contributed by atoms with Crippen molar-refractivity contribution in [1.82, 2.24) is 4.90 Å². The average Bonchev–Trinajstić information content (AvgIpc) is 2.94. The maximum Gasteiger partial charge on any atom is 0.264 e. The van der Waals surface area contributed by atoms with Crippen molar-refractivity contribution in [3.8, 4) is 5.75 Å². The van der Waals surface area contributed by atoms with Crippen molar-refractivity contribution in [3.63, 3.8) is 0 Å². The van der Waals surface area contributed by atoms with E-state index in [9.17, 15) is 4.79 Å². The van der Waals surface area contributed by atoms with Gasteiger partial charge in [-0.25, -0.2) is 0 Å². The van der Waals surface area contributed by atoms with E-state index in [0.29, 0.717) is 23.8 Å². The minimum Gasteiger partial charge on any atom is -0.496 e. The van der Waals surface area contributed by atoms with Gasteiger partial charge in [0, 0.05) is 18.0 Å². The molecule has 2 rings (SSSR count). The Morgan fingerprint density at radius 2 is 2.53 bits per heavy atom. The lowest BCUT2D eigenvalue weighted by molar-refractivity contribution is 0.00698. The molecule has 1 atom stereocenters. The Labute approximate surface area is 114 Å². The molecule has 1 aromatic rings. The van der Waals surface area contributed by atoms with Gasteiger partial charge in [0.25, 0.3) is 5.91 Å². The smallest absolute Gasteiger partial charge is 0.264 e. The zero-order valence-electron chi connectivity index (χ0n) is 10.4. The molecule has 1 amide bonds. The van der Waals surface area contributed by atoms with E-state index in [1.54, 1.807) is 23.5 Å². The van der Waals surface area contributed by atoms with Crippen molar-refractivity contribution >= 4 is 23.1 Å². The fourth-order valence-electron chi connectivity index (χ4n) is 1.77. The summed E-state index contributed by atoms with van der Waals surface area (Å²) in [4.78, 5) is 14.5. The van der Waals surface area contributed by atoms with Crippen LogP contribution in [0.2, 0.25) is 0 Å². The summed E-state index contributed by atoms with van der Waals surface area (Å²) in [6.45, 7) is 1.11. The number of thiophene rings is 1. The molecule has 1 aromatic heterocycles. The molecule has 7 nitrogen and oxygen atoms in total. The summed E-state index contributed by atoms with van der Waals surface area (Å²) in [6, 6.07) is 1.70. The zero-order valence-corrected chi connectivity index (χ0v) is 11.2. The molecule has 0 radical (unpaired) electrons. The van der Waals surface area contributed by atoms with Crippen LogP contribution in [0.15, 0.2) is 16.6 Å². The van der Waals surface area contributed by atoms with Crippen LogP contribution in [0.5, 0.6) is 5.75 Å². The van der Waals surface area contributed by atoms with Crippen LogP contribution in [0, 0.1) is 0 Å². The van der Waals surface area contributed by atoms with Gasteiger partial charge < -0.3 is 25.3 Å². The number of morpholine rings is 1. The van der Waals surface area contributed by atoms with Crippen molar-refractivity contribution in [2.75, 3.05) is 26.8 Å². The Balaban J connectivity index is 2.06. The first-order valence-corrected chi connectivity index (χ1v) is 6.54. The summed E-state index contributed by atoms with van der Waals surface area (Å²) in [5, 5.41) is 13.3. The van der Waals surface area contributed by atoms with Crippen LogP contribution in [0.25, 0.3) is 0 Å². The van der Waals surface area contributed by atoms with E-state index in [1.165, 1.54) is 11.3 Å². The molecule has 1 aliphatic rings. The molecular formula is C11H15N3O4S. The normalized spacial score (nSPS) is 20.4. The minimum atomic E-state index is -0.565. The van der Waals surface area contributed by atoms with Gasteiger partial charge in [-0.3, -0.25) is 4.79 Å². The summed E-state index contributed by atoms with van der Waals surface area (Å²) in [5.74, 6) is 0.531. The van der Waals surface area contributed by atoms with E-state index < -0.39 is 6.10 Å². The van der Waals surface area contributed by atoms with Crippen molar-refractivity contribution in [2.24, 2.45) is 10.9 Å². The first-order valence-electron chi connectivity index (χ1n) is 5.66. The minimum absolute atomic E-state index is 0.0266.